The van der Waals surface area contributed by atoms with Crippen LogP contribution in [-0.2, 0) is 6.61 Å². The van der Waals surface area contributed by atoms with E-state index in [1.807, 2.05) is 24.3 Å². The van der Waals surface area contributed by atoms with Gasteiger partial charge in [0.15, 0.2) is 0 Å². The number of hydrogen-bond donors (Lipinski definition) is 1. The van der Waals surface area contributed by atoms with Gasteiger partial charge in [-0.3, -0.25) is 4.79 Å². The van der Waals surface area contributed by atoms with Crippen molar-refractivity contribution in [2.24, 2.45) is 5.10 Å². The molecule has 27 heavy (non-hydrogen) atoms. The second kappa shape index (κ2) is 8.96. The first-order valence-electron chi connectivity index (χ1n) is 8.17. The zero-order valence-electron chi connectivity index (χ0n) is 14.2. The van der Waals surface area contributed by atoms with Gasteiger partial charge >= 0.3 is 0 Å². The topological polar surface area (TPSA) is 50.7 Å². The minimum absolute atomic E-state index is 0.0550. The molecular formula is C21H16ClFN2O2. The normalized spacial score (nSPS) is 10.7. The van der Waals surface area contributed by atoms with Gasteiger partial charge in [-0.1, -0.05) is 35.9 Å². The van der Waals surface area contributed by atoms with Crippen molar-refractivity contribution in [1.82, 2.24) is 5.43 Å². The fourth-order valence-electron chi connectivity index (χ4n) is 2.27. The fourth-order valence-corrected chi connectivity index (χ4v) is 2.39. The first-order chi connectivity index (χ1) is 13.1. The largest absolute Gasteiger partial charge is 0.489 e. The summed E-state index contributed by atoms with van der Waals surface area (Å²) >= 11 is 5.85. The number of amides is 1. The van der Waals surface area contributed by atoms with E-state index >= 15 is 0 Å². The Labute approximate surface area is 161 Å². The Balaban J connectivity index is 1.52. The molecule has 0 aliphatic rings. The highest BCUT2D eigenvalue weighted by molar-refractivity contribution is 6.30. The van der Waals surface area contributed by atoms with Gasteiger partial charge in [0.2, 0.25) is 0 Å². The fraction of sp³-hybridized carbons (Fsp3) is 0.0476. The van der Waals surface area contributed by atoms with Crippen LogP contribution in [0.2, 0.25) is 5.02 Å². The Kier molecular flexibility index (Phi) is 6.18. The molecule has 136 valence electrons. The quantitative estimate of drug-likeness (QED) is 0.490. The van der Waals surface area contributed by atoms with E-state index in [4.69, 9.17) is 16.3 Å². The van der Waals surface area contributed by atoms with E-state index < -0.39 is 11.7 Å². The summed E-state index contributed by atoms with van der Waals surface area (Å²) in [5.74, 6) is -0.489. The van der Waals surface area contributed by atoms with Crippen LogP contribution < -0.4 is 10.2 Å². The van der Waals surface area contributed by atoms with Gasteiger partial charge in [-0.25, -0.2) is 9.82 Å². The average molecular weight is 383 g/mol. The summed E-state index contributed by atoms with van der Waals surface area (Å²) in [6.07, 6.45) is 1.47. The highest BCUT2D eigenvalue weighted by Gasteiger charge is 2.09. The summed E-state index contributed by atoms with van der Waals surface area (Å²) in [7, 11) is 0. The van der Waals surface area contributed by atoms with Crippen LogP contribution in [0.3, 0.4) is 0 Å². The first kappa shape index (κ1) is 18.6. The summed E-state index contributed by atoms with van der Waals surface area (Å²) in [5, 5.41) is 4.53. The molecule has 1 N–H and O–H groups in total. The number of carbonyl (C=O) groups is 1. The monoisotopic (exact) mass is 382 g/mol. The second-order valence-corrected chi connectivity index (χ2v) is 6.10. The molecule has 0 aromatic heterocycles. The van der Waals surface area contributed by atoms with Crippen LogP contribution in [0.5, 0.6) is 5.75 Å². The molecule has 0 unspecified atom stereocenters. The highest BCUT2D eigenvalue weighted by Crippen LogP contribution is 2.15. The number of nitrogens with zero attached hydrogens (tertiary/aromatic N) is 1. The van der Waals surface area contributed by atoms with Crippen molar-refractivity contribution in [2.45, 2.75) is 6.61 Å². The van der Waals surface area contributed by atoms with Crippen LogP contribution in [0.15, 0.2) is 77.9 Å². The zero-order valence-corrected chi connectivity index (χ0v) is 15.0. The van der Waals surface area contributed by atoms with E-state index in [-0.39, 0.29) is 5.56 Å². The van der Waals surface area contributed by atoms with Crippen molar-refractivity contribution in [3.8, 4) is 5.75 Å². The lowest BCUT2D eigenvalue weighted by molar-refractivity contribution is 0.0951. The van der Waals surface area contributed by atoms with E-state index in [2.05, 4.69) is 10.5 Å². The molecule has 0 spiro atoms. The molecule has 0 radical (unpaired) electrons. The average Bonchev–Trinajstić information content (AvgIpc) is 2.69. The maximum absolute atomic E-state index is 13.5. The second-order valence-electron chi connectivity index (χ2n) is 5.66. The Bertz CT molecular complexity index is 941. The molecule has 0 atom stereocenters. The van der Waals surface area contributed by atoms with Crippen molar-refractivity contribution < 1.29 is 13.9 Å². The van der Waals surface area contributed by atoms with Gasteiger partial charge in [0.1, 0.15) is 18.2 Å². The third kappa shape index (κ3) is 5.39. The van der Waals surface area contributed by atoms with E-state index in [0.29, 0.717) is 17.4 Å². The van der Waals surface area contributed by atoms with E-state index in [1.54, 1.807) is 30.3 Å². The van der Waals surface area contributed by atoms with Crippen LogP contribution in [0.4, 0.5) is 4.39 Å². The van der Waals surface area contributed by atoms with Crippen LogP contribution in [0.25, 0.3) is 0 Å². The first-order valence-corrected chi connectivity index (χ1v) is 8.55. The molecule has 0 aliphatic carbocycles. The smallest absolute Gasteiger partial charge is 0.274 e. The third-order valence-electron chi connectivity index (χ3n) is 3.70. The summed E-state index contributed by atoms with van der Waals surface area (Å²) in [5.41, 5.74) is 4.03. The number of hydrazone groups is 1. The van der Waals surface area contributed by atoms with E-state index in [9.17, 15) is 9.18 Å². The SMILES string of the molecule is O=C(NN=Cc1ccc(OCc2ccc(Cl)cc2)cc1)c1ccccc1F. The third-order valence-corrected chi connectivity index (χ3v) is 3.95. The molecule has 3 aromatic rings. The lowest BCUT2D eigenvalue weighted by Crippen LogP contribution is -2.18. The highest BCUT2D eigenvalue weighted by atomic mass is 35.5. The molecule has 6 heteroatoms. The number of carbonyl (C=O) groups excluding carboxylic acids is 1. The van der Waals surface area contributed by atoms with Crippen molar-refractivity contribution in [1.29, 1.82) is 0 Å². The van der Waals surface area contributed by atoms with Crippen LogP contribution in [0, 0.1) is 5.82 Å². The van der Waals surface area contributed by atoms with Crippen molar-refractivity contribution in [3.63, 3.8) is 0 Å². The van der Waals surface area contributed by atoms with Gasteiger partial charge in [-0.05, 0) is 59.7 Å². The van der Waals surface area contributed by atoms with E-state index in [1.165, 1.54) is 24.4 Å². The molecule has 0 aliphatic heterocycles. The summed E-state index contributed by atoms with van der Waals surface area (Å²) in [6, 6.07) is 20.4. The predicted octanol–water partition coefficient (Wildman–Crippen LogP) is 4.82. The molecule has 1 amide bonds. The number of rotatable bonds is 6. The van der Waals surface area contributed by atoms with Gasteiger partial charge < -0.3 is 4.74 Å². The molecule has 0 heterocycles. The van der Waals surface area contributed by atoms with Gasteiger partial charge in [-0.15, -0.1) is 0 Å². The van der Waals surface area contributed by atoms with Crippen molar-refractivity contribution >= 4 is 23.7 Å². The summed E-state index contributed by atoms with van der Waals surface area (Å²) < 4.78 is 19.2. The summed E-state index contributed by atoms with van der Waals surface area (Å²) in [6.45, 7) is 0.434. The molecule has 3 rings (SSSR count). The Morgan fingerprint density at radius 2 is 1.74 bits per heavy atom. The lowest BCUT2D eigenvalue weighted by Gasteiger charge is -2.06. The Morgan fingerprint density at radius 3 is 2.44 bits per heavy atom. The van der Waals surface area contributed by atoms with Crippen LogP contribution >= 0.6 is 11.6 Å². The summed E-state index contributed by atoms with van der Waals surface area (Å²) in [4.78, 5) is 11.9. The Morgan fingerprint density at radius 1 is 1.04 bits per heavy atom. The number of ether oxygens (including phenoxy) is 1. The molecular weight excluding hydrogens is 367 g/mol. The van der Waals surface area contributed by atoms with E-state index in [0.717, 1.165) is 11.1 Å². The zero-order chi connectivity index (χ0) is 19.1. The number of nitrogens with one attached hydrogen (secondary N) is 1. The predicted molar refractivity (Wildman–Crippen MR) is 104 cm³/mol. The standard InChI is InChI=1S/C21H16ClFN2O2/c22-17-9-5-16(6-10-17)14-27-18-11-7-15(8-12-18)13-24-25-21(26)19-3-1-2-4-20(19)23/h1-13H,14H2,(H,25,26). The number of hydrogen-bond acceptors (Lipinski definition) is 3. The Hall–Kier alpha value is -3.18. The molecule has 0 saturated heterocycles. The van der Waals surface area contributed by atoms with Crippen LogP contribution in [0.1, 0.15) is 21.5 Å². The molecule has 0 fully saturated rings. The van der Waals surface area contributed by atoms with Gasteiger partial charge in [0.25, 0.3) is 5.91 Å². The van der Waals surface area contributed by atoms with Gasteiger partial charge in [-0.2, -0.15) is 5.10 Å². The maximum atomic E-state index is 13.5. The lowest BCUT2D eigenvalue weighted by atomic mass is 10.2. The minimum Gasteiger partial charge on any atom is -0.489 e. The molecule has 0 bridgehead atoms. The van der Waals surface area contributed by atoms with Gasteiger partial charge in [0.05, 0.1) is 11.8 Å². The molecule has 4 nitrogen and oxygen atoms in total. The minimum atomic E-state index is -0.604. The van der Waals surface area contributed by atoms with Crippen molar-refractivity contribution in [2.75, 3.05) is 0 Å². The molecule has 3 aromatic carbocycles. The van der Waals surface area contributed by atoms with Crippen molar-refractivity contribution in [3.05, 3.63) is 100 Å². The molecule has 0 saturated carbocycles. The van der Waals surface area contributed by atoms with Crippen LogP contribution in [-0.4, -0.2) is 12.1 Å². The maximum Gasteiger partial charge on any atom is 0.274 e. The van der Waals surface area contributed by atoms with Gasteiger partial charge in [0, 0.05) is 5.02 Å². The number of halogens is 2. The number of benzene rings is 3.